The molecule has 0 saturated heterocycles. The molecule has 1 atom stereocenters. The number of H-pyrrole nitrogens is 1. The number of aromatic nitrogens is 2. The molecule has 3 aromatic rings. The van der Waals surface area contributed by atoms with E-state index in [0.29, 0.717) is 12.0 Å². The van der Waals surface area contributed by atoms with Crippen LogP contribution in [0.15, 0.2) is 61.1 Å². The standard InChI is InChI=1S/C23H29N3O/c1-17(2)26(15-21-14-24-16-25-21)22-13-20(10-11-23(22)27-4)18(3)12-19-8-6-5-7-9-19/h5-11,13-14,16-18H,12,15H2,1-4H3,(H,24,25). The van der Waals surface area contributed by atoms with Crippen LogP contribution in [0.25, 0.3) is 0 Å². The highest BCUT2D eigenvalue weighted by Gasteiger charge is 2.18. The molecule has 0 fully saturated rings. The minimum atomic E-state index is 0.335. The van der Waals surface area contributed by atoms with E-state index in [2.05, 4.69) is 84.2 Å². The van der Waals surface area contributed by atoms with Gasteiger partial charge in [0.25, 0.3) is 0 Å². The molecule has 1 unspecified atom stereocenters. The summed E-state index contributed by atoms with van der Waals surface area (Å²) < 4.78 is 5.68. The minimum absolute atomic E-state index is 0.335. The molecule has 4 nitrogen and oxygen atoms in total. The van der Waals surface area contributed by atoms with Gasteiger partial charge in [0, 0.05) is 12.2 Å². The van der Waals surface area contributed by atoms with Gasteiger partial charge in [-0.05, 0) is 49.4 Å². The second-order valence-corrected chi connectivity index (χ2v) is 7.32. The highest BCUT2D eigenvalue weighted by atomic mass is 16.5. The van der Waals surface area contributed by atoms with Crippen molar-refractivity contribution in [2.24, 2.45) is 0 Å². The predicted molar refractivity (Wildman–Crippen MR) is 111 cm³/mol. The number of hydrogen-bond donors (Lipinski definition) is 1. The molecular weight excluding hydrogens is 334 g/mol. The fourth-order valence-electron chi connectivity index (χ4n) is 3.42. The van der Waals surface area contributed by atoms with Crippen molar-refractivity contribution in [3.05, 3.63) is 77.9 Å². The van der Waals surface area contributed by atoms with Gasteiger partial charge in [-0.2, -0.15) is 0 Å². The number of aromatic amines is 1. The SMILES string of the molecule is COc1ccc(C(C)Cc2ccccc2)cc1N(Cc1cnc[nH]1)C(C)C. The molecule has 0 aliphatic heterocycles. The van der Waals surface area contributed by atoms with Gasteiger partial charge in [-0.1, -0.05) is 43.3 Å². The summed E-state index contributed by atoms with van der Waals surface area (Å²) in [4.78, 5) is 9.71. The van der Waals surface area contributed by atoms with E-state index >= 15 is 0 Å². The number of imidazole rings is 1. The lowest BCUT2D eigenvalue weighted by Crippen LogP contribution is -2.30. The number of anilines is 1. The van der Waals surface area contributed by atoms with Crippen LogP contribution in [0.4, 0.5) is 5.69 Å². The Labute approximate surface area is 162 Å². The first-order valence-electron chi connectivity index (χ1n) is 9.54. The van der Waals surface area contributed by atoms with Crippen molar-refractivity contribution in [1.29, 1.82) is 0 Å². The average Bonchev–Trinajstić information content (AvgIpc) is 3.19. The second-order valence-electron chi connectivity index (χ2n) is 7.32. The summed E-state index contributed by atoms with van der Waals surface area (Å²) in [5, 5.41) is 0. The number of benzene rings is 2. The fourth-order valence-corrected chi connectivity index (χ4v) is 3.42. The van der Waals surface area contributed by atoms with Crippen molar-refractivity contribution < 1.29 is 4.74 Å². The third-order valence-electron chi connectivity index (χ3n) is 4.98. The molecule has 3 rings (SSSR count). The van der Waals surface area contributed by atoms with Gasteiger partial charge in [0.15, 0.2) is 0 Å². The quantitative estimate of drug-likeness (QED) is 0.599. The van der Waals surface area contributed by atoms with Crippen LogP contribution in [0.5, 0.6) is 5.75 Å². The van der Waals surface area contributed by atoms with Crippen LogP contribution < -0.4 is 9.64 Å². The number of nitrogens with one attached hydrogen (secondary N) is 1. The Morgan fingerprint density at radius 2 is 1.85 bits per heavy atom. The zero-order chi connectivity index (χ0) is 19.2. The van der Waals surface area contributed by atoms with E-state index in [0.717, 1.165) is 30.1 Å². The van der Waals surface area contributed by atoms with Crippen LogP contribution >= 0.6 is 0 Å². The first kappa shape index (κ1) is 19.0. The number of rotatable bonds is 8. The van der Waals surface area contributed by atoms with Crippen molar-refractivity contribution in [1.82, 2.24) is 9.97 Å². The molecule has 0 spiro atoms. The zero-order valence-electron chi connectivity index (χ0n) is 16.6. The van der Waals surface area contributed by atoms with E-state index in [4.69, 9.17) is 4.74 Å². The maximum Gasteiger partial charge on any atom is 0.142 e. The molecule has 4 heteroatoms. The van der Waals surface area contributed by atoms with Gasteiger partial charge in [-0.25, -0.2) is 4.98 Å². The van der Waals surface area contributed by atoms with Crippen molar-refractivity contribution in [3.8, 4) is 5.75 Å². The molecule has 0 aliphatic rings. The molecule has 0 radical (unpaired) electrons. The molecule has 2 aromatic carbocycles. The number of methoxy groups -OCH3 is 1. The molecule has 1 N–H and O–H groups in total. The normalized spacial score (nSPS) is 12.2. The summed E-state index contributed by atoms with van der Waals surface area (Å²) in [6, 6.07) is 17.6. The third kappa shape index (κ3) is 4.70. The summed E-state index contributed by atoms with van der Waals surface area (Å²) in [6.07, 6.45) is 4.63. The lowest BCUT2D eigenvalue weighted by Gasteiger charge is -2.31. The van der Waals surface area contributed by atoms with Gasteiger partial charge in [0.05, 0.1) is 31.4 Å². The fraction of sp³-hybridized carbons (Fsp3) is 0.348. The molecule has 1 heterocycles. The van der Waals surface area contributed by atoms with E-state index in [1.165, 1.54) is 11.1 Å². The summed E-state index contributed by atoms with van der Waals surface area (Å²) in [7, 11) is 1.74. The average molecular weight is 364 g/mol. The van der Waals surface area contributed by atoms with Crippen molar-refractivity contribution in [2.75, 3.05) is 12.0 Å². The Bertz CT molecular complexity index is 828. The van der Waals surface area contributed by atoms with Crippen LogP contribution in [0.2, 0.25) is 0 Å². The van der Waals surface area contributed by atoms with Crippen LogP contribution in [0.1, 0.15) is 43.5 Å². The molecule has 0 bridgehead atoms. The summed E-state index contributed by atoms with van der Waals surface area (Å²) in [5.41, 5.74) is 4.90. The molecule has 0 aliphatic carbocycles. The Morgan fingerprint density at radius 3 is 2.48 bits per heavy atom. The van der Waals surface area contributed by atoms with Gasteiger partial charge in [0.1, 0.15) is 5.75 Å². The van der Waals surface area contributed by atoms with Crippen molar-refractivity contribution in [2.45, 2.75) is 45.7 Å². The van der Waals surface area contributed by atoms with E-state index in [9.17, 15) is 0 Å². The minimum Gasteiger partial charge on any atom is -0.495 e. The summed E-state index contributed by atoms with van der Waals surface area (Å²) in [6.45, 7) is 7.46. The summed E-state index contributed by atoms with van der Waals surface area (Å²) in [5.74, 6) is 1.33. The van der Waals surface area contributed by atoms with Crippen LogP contribution in [-0.4, -0.2) is 23.1 Å². The van der Waals surface area contributed by atoms with Crippen LogP contribution in [-0.2, 0) is 13.0 Å². The Balaban J connectivity index is 1.89. The number of nitrogens with zero attached hydrogens (tertiary/aromatic N) is 2. The van der Waals surface area contributed by atoms with E-state index in [1.54, 1.807) is 13.4 Å². The number of hydrogen-bond acceptors (Lipinski definition) is 3. The van der Waals surface area contributed by atoms with Gasteiger partial charge >= 0.3 is 0 Å². The lowest BCUT2D eigenvalue weighted by molar-refractivity contribution is 0.412. The topological polar surface area (TPSA) is 41.1 Å². The smallest absolute Gasteiger partial charge is 0.142 e. The highest BCUT2D eigenvalue weighted by molar-refractivity contribution is 5.61. The molecule has 0 saturated carbocycles. The van der Waals surface area contributed by atoms with Crippen LogP contribution in [0.3, 0.4) is 0 Å². The van der Waals surface area contributed by atoms with E-state index < -0.39 is 0 Å². The molecular formula is C23H29N3O. The van der Waals surface area contributed by atoms with Crippen LogP contribution in [0, 0.1) is 0 Å². The van der Waals surface area contributed by atoms with Crippen molar-refractivity contribution in [3.63, 3.8) is 0 Å². The van der Waals surface area contributed by atoms with Gasteiger partial charge in [-0.3, -0.25) is 0 Å². The maximum atomic E-state index is 5.68. The number of ether oxygens (including phenoxy) is 1. The van der Waals surface area contributed by atoms with Gasteiger partial charge in [0.2, 0.25) is 0 Å². The second kappa shape index (κ2) is 8.76. The largest absolute Gasteiger partial charge is 0.495 e. The Morgan fingerprint density at radius 1 is 1.07 bits per heavy atom. The third-order valence-corrected chi connectivity index (χ3v) is 4.98. The molecule has 0 amide bonds. The predicted octanol–water partition coefficient (Wildman–Crippen LogP) is 5.18. The molecule has 1 aromatic heterocycles. The lowest BCUT2D eigenvalue weighted by atomic mass is 9.93. The highest BCUT2D eigenvalue weighted by Crippen LogP contribution is 2.34. The van der Waals surface area contributed by atoms with E-state index in [1.807, 2.05) is 6.20 Å². The van der Waals surface area contributed by atoms with E-state index in [-0.39, 0.29) is 0 Å². The van der Waals surface area contributed by atoms with Crippen molar-refractivity contribution >= 4 is 5.69 Å². The zero-order valence-corrected chi connectivity index (χ0v) is 16.6. The van der Waals surface area contributed by atoms with Gasteiger partial charge in [-0.15, -0.1) is 0 Å². The Hall–Kier alpha value is -2.75. The van der Waals surface area contributed by atoms with Gasteiger partial charge < -0.3 is 14.6 Å². The first-order valence-corrected chi connectivity index (χ1v) is 9.54. The Kier molecular flexibility index (Phi) is 6.17. The maximum absolute atomic E-state index is 5.68. The summed E-state index contributed by atoms with van der Waals surface area (Å²) >= 11 is 0. The molecule has 142 valence electrons. The molecule has 27 heavy (non-hydrogen) atoms. The monoisotopic (exact) mass is 363 g/mol. The first-order chi connectivity index (χ1) is 13.1.